The highest BCUT2D eigenvalue weighted by atomic mass is 16.6. The van der Waals surface area contributed by atoms with Gasteiger partial charge in [0.15, 0.2) is 0 Å². The summed E-state index contributed by atoms with van der Waals surface area (Å²) in [6.45, 7) is 9.85. The summed E-state index contributed by atoms with van der Waals surface area (Å²) in [6, 6.07) is 29.9. The van der Waals surface area contributed by atoms with Crippen molar-refractivity contribution in [1.29, 1.82) is 0 Å². The number of aromatic hydroxyl groups is 1. The Morgan fingerprint density at radius 3 is 2.02 bits per heavy atom. The molecule has 7 nitrogen and oxygen atoms in total. The number of hydrogen-bond donors (Lipinski definition) is 2. The lowest BCUT2D eigenvalue weighted by Gasteiger charge is -2.34. The van der Waals surface area contributed by atoms with Gasteiger partial charge in [-0.2, -0.15) is 0 Å². The molecule has 0 unspecified atom stereocenters. The van der Waals surface area contributed by atoms with Gasteiger partial charge >= 0.3 is 6.09 Å². The number of carbonyl (C=O) groups is 1. The van der Waals surface area contributed by atoms with Crippen molar-refractivity contribution in [1.82, 2.24) is 5.32 Å². The van der Waals surface area contributed by atoms with Crippen LogP contribution in [-0.2, 0) is 18.0 Å². The van der Waals surface area contributed by atoms with Crippen LogP contribution in [0, 0.1) is 6.92 Å². The van der Waals surface area contributed by atoms with Gasteiger partial charge in [0.1, 0.15) is 36.1 Å². The normalized spacial score (nSPS) is 13.8. The number of phenolic OH excluding ortho intramolecular Hbond substituents is 1. The van der Waals surface area contributed by atoms with E-state index in [1.807, 2.05) is 113 Å². The minimum atomic E-state index is -0.535. The zero-order valence-electron chi connectivity index (χ0n) is 26.0. The van der Waals surface area contributed by atoms with Crippen molar-refractivity contribution in [3.8, 4) is 28.4 Å². The van der Waals surface area contributed by atoms with Crippen molar-refractivity contribution in [3.05, 3.63) is 108 Å². The number of anilines is 1. The number of phenols is 1. The molecular formula is C37H42N2O5. The number of ether oxygens (including phenoxy) is 3. The summed E-state index contributed by atoms with van der Waals surface area (Å²) < 4.78 is 18.0. The first-order valence-electron chi connectivity index (χ1n) is 15.2. The lowest BCUT2D eigenvalue weighted by atomic mass is 9.99. The highest BCUT2D eigenvalue weighted by Crippen LogP contribution is 2.43. The van der Waals surface area contributed by atoms with E-state index in [0.29, 0.717) is 24.5 Å². The van der Waals surface area contributed by atoms with Crippen LogP contribution in [0.4, 0.5) is 10.5 Å². The monoisotopic (exact) mass is 594 g/mol. The predicted molar refractivity (Wildman–Crippen MR) is 174 cm³/mol. The molecule has 4 aromatic carbocycles. The van der Waals surface area contributed by atoms with Gasteiger partial charge in [-0.25, -0.2) is 4.79 Å². The fourth-order valence-electron chi connectivity index (χ4n) is 5.31. The summed E-state index contributed by atoms with van der Waals surface area (Å²) in [6.07, 6.45) is 1.14. The summed E-state index contributed by atoms with van der Waals surface area (Å²) in [5, 5.41) is 14.5. The Morgan fingerprint density at radius 2 is 1.43 bits per heavy atom. The topological polar surface area (TPSA) is 80.3 Å². The zero-order chi connectivity index (χ0) is 31.1. The second-order valence-corrected chi connectivity index (χ2v) is 12.3. The number of rotatable bonds is 9. The van der Waals surface area contributed by atoms with E-state index in [2.05, 4.69) is 10.2 Å². The number of amides is 1. The molecule has 2 N–H and O–H groups in total. The fourth-order valence-corrected chi connectivity index (χ4v) is 5.31. The van der Waals surface area contributed by atoms with Crippen LogP contribution >= 0.6 is 0 Å². The Morgan fingerprint density at radius 1 is 0.841 bits per heavy atom. The maximum absolute atomic E-state index is 12.3. The van der Waals surface area contributed by atoms with Gasteiger partial charge in [0, 0.05) is 37.0 Å². The largest absolute Gasteiger partial charge is 0.507 e. The molecule has 0 radical (unpaired) electrons. The molecule has 1 fully saturated rings. The molecule has 230 valence electrons. The summed E-state index contributed by atoms with van der Waals surface area (Å²) in [5.74, 6) is 1.48. The smallest absolute Gasteiger partial charge is 0.407 e. The van der Waals surface area contributed by atoms with Gasteiger partial charge in [0.2, 0.25) is 0 Å². The third-order valence-electron chi connectivity index (χ3n) is 7.60. The lowest BCUT2D eigenvalue weighted by molar-refractivity contribution is 0.0497. The lowest BCUT2D eigenvalue weighted by Crippen LogP contribution is -2.46. The number of aryl methyl sites for hydroxylation is 1. The number of alkyl carbamates (subject to hydrolysis) is 1. The molecule has 1 saturated heterocycles. The van der Waals surface area contributed by atoms with E-state index in [1.165, 1.54) is 0 Å². The third kappa shape index (κ3) is 8.25. The third-order valence-corrected chi connectivity index (χ3v) is 7.60. The highest BCUT2D eigenvalue weighted by molar-refractivity contribution is 5.81. The van der Waals surface area contributed by atoms with Crippen molar-refractivity contribution in [3.63, 3.8) is 0 Å². The van der Waals surface area contributed by atoms with E-state index in [-0.39, 0.29) is 17.9 Å². The second kappa shape index (κ2) is 13.8. The van der Waals surface area contributed by atoms with Crippen molar-refractivity contribution in [2.24, 2.45) is 0 Å². The van der Waals surface area contributed by atoms with E-state index in [9.17, 15) is 9.90 Å². The maximum Gasteiger partial charge on any atom is 0.407 e. The second-order valence-electron chi connectivity index (χ2n) is 12.3. The predicted octanol–water partition coefficient (Wildman–Crippen LogP) is 8.02. The number of benzene rings is 4. The Balaban J connectivity index is 1.38. The van der Waals surface area contributed by atoms with Gasteiger partial charge in [-0.1, -0.05) is 72.8 Å². The molecule has 7 heteroatoms. The molecule has 1 aliphatic rings. The maximum atomic E-state index is 12.3. The highest BCUT2D eigenvalue weighted by Gasteiger charge is 2.25. The van der Waals surface area contributed by atoms with Crippen molar-refractivity contribution in [2.75, 3.05) is 18.0 Å². The van der Waals surface area contributed by atoms with Crippen molar-refractivity contribution < 1.29 is 24.1 Å². The van der Waals surface area contributed by atoms with Crippen LogP contribution in [0.25, 0.3) is 11.1 Å². The van der Waals surface area contributed by atoms with Crippen molar-refractivity contribution in [2.45, 2.75) is 65.4 Å². The minimum Gasteiger partial charge on any atom is -0.507 e. The minimum absolute atomic E-state index is 0.0321. The molecule has 4 aromatic rings. The van der Waals surface area contributed by atoms with Crippen LogP contribution in [-0.4, -0.2) is 35.9 Å². The fraction of sp³-hybridized carbons (Fsp3) is 0.324. The molecule has 0 aromatic heterocycles. The SMILES string of the molecule is Cc1ccc(-c2c(O)cc(N3CCC(NC(=O)OC(C)(C)C)CC3)cc2OCc2ccccc2)cc1OCc1ccccc1. The summed E-state index contributed by atoms with van der Waals surface area (Å²) in [4.78, 5) is 14.5. The summed E-state index contributed by atoms with van der Waals surface area (Å²) >= 11 is 0. The van der Waals surface area contributed by atoms with Crippen LogP contribution < -0.4 is 19.7 Å². The summed E-state index contributed by atoms with van der Waals surface area (Å²) in [5.41, 5.74) is 4.90. The molecular weight excluding hydrogens is 552 g/mol. The van der Waals surface area contributed by atoms with E-state index in [1.54, 1.807) is 6.07 Å². The molecule has 0 spiro atoms. The van der Waals surface area contributed by atoms with Crippen LogP contribution in [0.15, 0.2) is 91.0 Å². The zero-order valence-corrected chi connectivity index (χ0v) is 26.0. The molecule has 0 bridgehead atoms. The average Bonchev–Trinajstić information content (AvgIpc) is 3.00. The summed E-state index contributed by atoms with van der Waals surface area (Å²) in [7, 11) is 0. The van der Waals surface area contributed by atoms with E-state index in [4.69, 9.17) is 14.2 Å². The van der Waals surface area contributed by atoms with Gasteiger partial charge < -0.3 is 29.5 Å². The van der Waals surface area contributed by atoms with Crippen LogP contribution in [0.2, 0.25) is 0 Å². The number of hydrogen-bond acceptors (Lipinski definition) is 6. The molecule has 1 amide bonds. The standard InChI is InChI=1S/C37H42N2O5/c1-26-15-16-29(21-33(26)42-24-27-11-7-5-8-12-27)35-32(40)22-31(23-34(35)43-25-28-13-9-6-10-14-28)39-19-17-30(18-20-39)38-36(41)44-37(2,3)4/h5-16,21-23,30,40H,17-20,24-25H2,1-4H3,(H,38,41). The van der Waals surface area contributed by atoms with Gasteiger partial charge in [-0.05, 0) is 68.9 Å². The molecule has 5 rings (SSSR count). The van der Waals surface area contributed by atoms with E-state index >= 15 is 0 Å². The number of nitrogens with zero attached hydrogens (tertiary/aromatic N) is 1. The van der Waals surface area contributed by atoms with Gasteiger partial charge in [-0.15, -0.1) is 0 Å². The van der Waals surface area contributed by atoms with Crippen LogP contribution in [0.5, 0.6) is 17.2 Å². The first-order valence-corrected chi connectivity index (χ1v) is 15.2. The van der Waals surface area contributed by atoms with Crippen LogP contribution in [0.1, 0.15) is 50.3 Å². The van der Waals surface area contributed by atoms with Crippen LogP contribution in [0.3, 0.4) is 0 Å². The van der Waals surface area contributed by atoms with Gasteiger partial charge in [0.25, 0.3) is 0 Å². The molecule has 44 heavy (non-hydrogen) atoms. The Bertz CT molecular complexity index is 1540. The van der Waals surface area contributed by atoms with E-state index < -0.39 is 5.60 Å². The van der Waals surface area contributed by atoms with Gasteiger partial charge in [0.05, 0.1) is 5.56 Å². The molecule has 1 aliphatic heterocycles. The van der Waals surface area contributed by atoms with Crippen molar-refractivity contribution >= 4 is 11.8 Å². The Kier molecular flexibility index (Phi) is 9.63. The quantitative estimate of drug-likeness (QED) is 0.204. The molecule has 0 aliphatic carbocycles. The first kappa shape index (κ1) is 30.8. The number of carbonyl (C=O) groups excluding carboxylic acids is 1. The average molecular weight is 595 g/mol. The Hall–Kier alpha value is -4.65. The molecule has 0 atom stereocenters. The number of piperidine rings is 1. The Labute approximate surface area is 260 Å². The molecule has 1 heterocycles. The van der Waals surface area contributed by atoms with Gasteiger partial charge in [-0.3, -0.25) is 0 Å². The molecule has 0 saturated carbocycles. The number of nitrogens with one attached hydrogen (secondary N) is 1. The first-order chi connectivity index (χ1) is 21.1. The van der Waals surface area contributed by atoms with E-state index in [0.717, 1.165) is 59.6 Å².